The molecule has 0 spiro atoms. The number of rotatable bonds is 6. The molecule has 2 aliphatic carbocycles. The Hall–Kier alpha value is -2.04. The van der Waals surface area contributed by atoms with Crippen LogP contribution in [0.1, 0.15) is 48.9 Å². The van der Waals surface area contributed by atoms with Crippen molar-refractivity contribution in [2.75, 3.05) is 6.54 Å². The van der Waals surface area contributed by atoms with Gasteiger partial charge in [0, 0.05) is 12.1 Å². The van der Waals surface area contributed by atoms with Crippen LogP contribution in [0.25, 0.3) is 0 Å². The molecule has 2 saturated carbocycles. The van der Waals surface area contributed by atoms with E-state index in [1.807, 2.05) is 6.07 Å². The van der Waals surface area contributed by atoms with Crippen LogP contribution in [0.2, 0.25) is 0 Å². The molecule has 2 N–H and O–H groups in total. The zero-order valence-electron chi connectivity index (χ0n) is 12.5. The lowest BCUT2D eigenvalue weighted by Gasteiger charge is -2.14. The summed E-state index contributed by atoms with van der Waals surface area (Å²) in [5, 5.41) is 11.8. The van der Waals surface area contributed by atoms with Crippen LogP contribution in [0, 0.1) is 5.41 Å². The minimum Gasteiger partial charge on any atom is -0.490 e. The molecule has 0 atom stereocenters. The first-order chi connectivity index (χ1) is 10.6. The van der Waals surface area contributed by atoms with Gasteiger partial charge in [-0.3, -0.25) is 9.59 Å². The fraction of sp³-hybridized carbons (Fsp3) is 0.529. The predicted molar refractivity (Wildman–Crippen MR) is 81.0 cm³/mol. The number of nitrogens with one attached hydrogen (secondary N) is 1. The number of carboxylic acid groups (broad SMARTS) is 1. The van der Waals surface area contributed by atoms with Crippen molar-refractivity contribution in [1.29, 1.82) is 0 Å². The number of amides is 1. The molecule has 0 aliphatic heterocycles. The standard InChI is InChI=1S/C17H21NO4/c19-15(18-11-17(8-9-17)16(20)21)12-4-3-7-14(10-12)22-13-5-1-2-6-13/h3-4,7,10,13H,1-2,5-6,8-9,11H2,(H,18,19)(H,20,21). The summed E-state index contributed by atoms with van der Waals surface area (Å²) in [5.74, 6) is -0.366. The lowest BCUT2D eigenvalue weighted by atomic mass is 10.1. The fourth-order valence-electron chi connectivity index (χ4n) is 2.88. The highest BCUT2D eigenvalue weighted by Gasteiger charge is 2.50. The van der Waals surface area contributed by atoms with Gasteiger partial charge in [0.1, 0.15) is 5.75 Å². The molecule has 1 aromatic rings. The highest BCUT2D eigenvalue weighted by molar-refractivity contribution is 5.95. The minimum absolute atomic E-state index is 0.189. The first-order valence-corrected chi connectivity index (χ1v) is 7.87. The molecule has 3 rings (SSSR count). The van der Waals surface area contributed by atoms with E-state index in [1.165, 1.54) is 12.8 Å². The van der Waals surface area contributed by atoms with Crippen LogP contribution >= 0.6 is 0 Å². The van der Waals surface area contributed by atoms with Crippen molar-refractivity contribution in [2.24, 2.45) is 5.41 Å². The third-order valence-electron chi connectivity index (χ3n) is 4.60. The molecule has 0 radical (unpaired) electrons. The van der Waals surface area contributed by atoms with Crippen LogP contribution in [0.5, 0.6) is 5.75 Å². The van der Waals surface area contributed by atoms with Crippen molar-refractivity contribution in [2.45, 2.75) is 44.6 Å². The summed E-state index contributed by atoms with van der Waals surface area (Å²) in [7, 11) is 0. The van der Waals surface area contributed by atoms with Gasteiger partial charge in [-0.15, -0.1) is 0 Å². The Labute approximate surface area is 129 Å². The van der Waals surface area contributed by atoms with Gasteiger partial charge < -0.3 is 15.2 Å². The molecule has 0 saturated heterocycles. The maximum absolute atomic E-state index is 12.2. The van der Waals surface area contributed by atoms with E-state index in [-0.39, 0.29) is 18.6 Å². The third-order valence-corrected chi connectivity index (χ3v) is 4.60. The summed E-state index contributed by atoms with van der Waals surface area (Å²) in [6, 6.07) is 7.10. The lowest BCUT2D eigenvalue weighted by molar-refractivity contribution is -0.143. The molecular weight excluding hydrogens is 282 g/mol. The minimum atomic E-state index is -0.828. The second-order valence-corrected chi connectivity index (χ2v) is 6.32. The van der Waals surface area contributed by atoms with Crippen molar-refractivity contribution < 1.29 is 19.4 Å². The Morgan fingerprint density at radius 1 is 1.27 bits per heavy atom. The molecule has 1 amide bonds. The molecule has 2 aliphatic rings. The molecular formula is C17H21NO4. The summed E-state index contributed by atoms with van der Waals surface area (Å²) in [5.41, 5.74) is -0.232. The second-order valence-electron chi connectivity index (χ2n) is 6.32. The van der Waals surface area contributed by atoms with Crippen LogP contribution in [-0.2, 0) is 4.79 Å². The van der Waals surface area contributed by atoms with Crippen LogP contribution in [0.15, 0.2) is 24.3 Å². The SMILES string of the molecule is O=C(NCC1(C(=O)O)CC1)c1cccc(OC2CCCC2)c1. The van der Waals surface area contributed by atoms with Crippen LogP contribution in [-0.4, -0.2) is 29.6 Å². The smallest absolute Gasteiger partial charge is 0.311 e. The largest absolute Gasteiger partial charge is 0.490 e. The van der Waals surface area contributed by atoms with E-state index in [2.05, 4.69) is 5.32 Å². The molecule has 1 aromatic carbocycles. The second kappa shape index (κ2) is 5.99. The normalized spacial score (nSPS) is 19.6. The topological polar surface area (TPSA) is 75.6 Å². The number of aliphatic carboxylic acids is 1. The van der Waals surface area contributed by atoms with Crippen LogP contribution in [0.3, 0.4) is 0 Å². The average molecular weight is 303 g/mol. The quantitative estimate of drug-likeness (QED) is 0.847. The van der Waals surface area contributed by atoms with E-state index >= 15 is 0 Å². The number of hydrogen-bond acceptors (Lipinski definition) is 3. The summed E-state index contributed by atoms with van der Waals surface area (Å²) < 4.78 is 5.89. The zero-order valence-corrected chi connectivity index (χ0v) is 12.5. The van der Waals surface area contributed by atoms with Gasteiger partial charge in [0.15, 0.2) is 0 Å². The third kappa shape index (κ3) is 3.24. The van der Waals surface area contributed by atoms with Crippen molar-refractivity contribution in [3.8, 4) is 5.75 Å². The molecule has 0 aromatic heterocycles. The summed E-state index contributed by atoms with van der Waals surface area (Å²) in [4.78, 5) is 23.3. The number of carboxylic acids is 1. The van der Waals surface area contributed by atoms with Crippen molar-refractivity contribution in [3.05, 3.63) is 29.8 Å². The highest BCUT2D eigenvalue weighted by Crippen LogP contribution is 2.45. The number of carbonyl (C=O) groups is 2. The van der Waals surface area contributed by atoms with E-state index in [0.29, 0.717) is 24.2 Å². The van der Waals surface area contributed by atoms with Gasteiger partial charge in [0.2, 0.25) is 0 Å². The van der Waals surface area contributed by atoms with Crippen LogP contribution < -0.4 is 10.1 Å². The van der Waals surface area contributed by atoms with Gasteiger partial charge in [0.05, 0.1) is 11.5 Å². The molecule has 0 unspecified atom stereocenters. The first-order valence-electron chi connectivity index (χ1n) is 7.87. The highest BCUT2D eigenvalue weighted by atomic mass is 16.5. The maximum atomic E-state index is 12.2. The predicted octanol–water partition coefficient (Wildman–Crippen LogP) is 2.60. The van der Waals surface area contributed by atoms with E-state index < -0.39 is 11.4 Å². The monoisotopic (exact) mass is 303 g/mol. The van der Waals surface area contributed by atoms with Crippen molar-refractivity contribution >= 4 is 11.9 Å². The van der Waals surface area contributed by atoms with Gasteiger partial charge in [0.25, 0.3) is 5.91 Å². The molecule has 5 nitrogen and oxygen atoms in total. The molecule has 0 heterocycles. The zero-order chi connectivity index (χ0) is 15.6. The maximum Gasteiger partial charge on any atom is 0.311 e. The summed E-state index contributed by atoms with van der Waals surface area (Å²) in [6.45, 7) is 0.189. The number of ether oxygens (including phenoxy) is 1. The van der Waals surface area contributed by atoms with Gasteiger partial charge in [-0.25, -0.2) is 0 Å². The molecule has 5 heteroatoms. The summed E-state index contributed by atoms with van der Waals surface area (Å²) >= 11 is 0. The number of benzene rings is 1. The van der Waals surface area contributed by atoms with E-state index in [1.54, 1.807) is 18.2 Å². The van der Waals surface area contributed by atoms with E-state index in [9.17, 15) is 9.59 Å². The van der Waals surface area contributed by atoms with Gasteiger partial charge in [-0.1, -0.05) is 6.07 Å². The Balaban J connectivity index is 1.59. The molecule has 2 fully saturated rings. The number of carbonyl (C=O) groups excluding carboxylic acids is 1. The Morgan fingerprint density at radius 2 is 2.00 bits per heavy atom. The number of hydrogen-bond donors (Lipinski definition) is 2. The first kappa shape index (κ1) is 14.9. The summed E-state index contributed by atoms with van der Waals surface area (Å²) in [6.07, 6.45) is 6.04. The lowest BCUT2D eigenvalue weighted by Crippen LogP contribution is -2.34. The average Bonchev–Trinajstić information content (AvgIpc) is 3.15. The fourth-order valence-corrected chi connectivity index (χ4v) is 2.88. The van der Waals surface area contributed by atoms with Gasteiger partial charge in [-0.05, 0) is 56.7 Å². The Bertz CT molecular complexity index is 574. The van der Waals surface area contributed by atoms with Gasteiger partial charge >= 0.3 is 5.97 Å². The molecule has 0 bridgehead atoms. The van der Waals surface area contributed by atoms with E-state index in [4.69, 9.17) is 9.84 Å². The van der Waals surface area contributed by atoms with Crippen molar-refractivity contribution in [1.82, 2.24) is 5.32 Å². The Morgan fingerprint density at radius 3 is 2.64 bits per heavy atom. The molecule has 118 valence electrons. The Kier molecular flexibility index (Phi) is 4.05. The van der Waals surface area contributed by atoms with Gasteiger partial charge in [-0.2, -0.15) is 0 Å². The van der Waals surface area contributed by atoms with Crippen molar-refractivity contribution in [3.63, 3.8) is 0 Å². The molecule has 22 heavy (non-hydrogen) atoms. The van der Waals surface area contributed by atoms with E-state index in [0.717, 1.165) is 12.8 Å². The van der Waals surface area contributed by atoms with Crippen LogP contribution in [0.4, 0.5) is 0 Å².